The molecule has 1 N–H and O–H groups in total. The van der Waals surface area contributed by atoms with Crippen molar-refractivity contribution in [3.05, 3.63) is 0 Å². The van der Waals surface area contributed by atoms with Crippen molar-refractivity contribution in [1.82, 2.24) is 15.1 Å². The Hall–Kier alpha value is -0.120. The predicted molar refractivity (Wildman–Crippen MR) is 73.4 cm³/mol. The number of nitrogens with zero attached hydrogens (tertiary/aromatic N) is 2. The number of nitrogens with one attached hydrogen (secondary N) is 1. The summed E-state index contributed by atoms with van der Waals surface area (Å²) >= 11 is 0. The summed E-state index contributed by atoms with van der Waals surface area (Å²) in [5, 5.41) is 3.42. The van der Waals surface area contributed by atoms with Gasteiger partial charge in [-0.3, -0.25) is 4.90 Å². The minimum Gasteiger partial charge on any atom is -0.314 e. The third kappa shape index (κ3) is 4.57. The molecule has 0 aromatic rings. The fourth-order valence-corrected chi connectivity index (χ4v) is 3.12. The smallest absolute Gasteiger partial charge is 0.0110 e. The minimum absolute atomic E-state index is 0.861. The Balaban J connectivity index is 1.66. The van der Waals surface area contributed by atoms with E-state index >= 15 is 0 Å². The van der Waals surface area contributed by atoms with E-state index in [9.17, 15) is 0 Å². The highest BCUT2D eigenvalue weighted by atomic mass is 15.2. The van der Waals surface area contributed by atoms with Crippen LogP contribution in [0, 0.1) is 0 Å². The van der Waals surface area contributed by atoms with Crippen LogP contribution in [0.1, 0.15) is 38.5 Å². The molecule has 1 aliphatic carbocycles. The Morgan fingerprint density at radius 2 is 1.71 bits per heavy atom. The first-order chi connectivity index (χ1) is 8.36. The highest BCUT2D eigenvalue weighted by Crippen LogP contribution is 2.20. The molecule has 0 bridgehead atoms. The van der Waals surface area contributed by atoms with E-state index in [4.69, 9.17) is 0 Å². The van der Waals surface area contributed by atoms with Gasteiger partial charge in [0.15, 0.2) is 0 Å². The van der Waals surface area contributed by atoms with Crippen LogP contribution in [0.25, 0.3) is 0 Å². The second-order valence-corrected chi connectivity index (χ2v) is 5.72. The summed E-state index contributed by atoms with van der Waals surface area (Å²) in [5.41, 5.74) is 0. The fraction of sp³-hybridized carbons (Fsp3) is 1.00. The van der Waals surface area contributed by atoms with Crippen molar-refractivity contribution >= 4 is 0 Å². The standard InChI is InChI=1S/C14H29N3/c1-16(14-6-4-2-3-5-7-14)12-13-17-10-8-15-9-11-17/h14-15H,2-13H2,1H3. The van der Waals surface area contributed by atoms with Crippen LogP contribution in [-0.2, 0) is 0 Å². The van der Waals surface area contributed by atoms with Crippen LogP contribution >= 0.6 is 0 Å². The highest BCUT2D eigenvalue weighted by Gasteiger charge is 2.17. The van der Waals surface area contributed by atoms with Crippen molar-refractivity contribution in [3.8, 4) is 0 Å². The molecular formula is C14H29N3. The Morgan fingerprint density at radius 1 is 1.06 bits per heavy atom. The first-order valence-corrected chi connectivity index (χ1v) is 7.49. The van der Waals surface area contributed by atoms with Crippen LogP contribution in [-0.4, -0.2) is 62.2 Å². The number of piperazine rings is 1. The summed E-state index contributed by atoms with van der Waals surface area (Å²) < 4.78 is 0. The molecule has 3 heteroatoms. The molecule has 1 saturated carbocycles. The largest absolute Gasteiger partial charge is 0.314 e. The van der Waals surface area contributed by atoms with Crippen LogP contribution in [0.15, 0.2) is 0 Å². The van der Waals surface area contributed by atoms with Gasteiger partial charge in [-0.25, -0.2) is 0 Å². The average Bonchev–Trinajstić information content (AvgIpc) is 2.66. The molecule has 2 rings (SSSR count). The molecule has 3 nitrogen and oxygen atoms in total. The van der Waals surface area contributed by atoms with Crippen molar-refractivity contribution in [2.75, 3.05) is 46.3 Å². The van der Waals surface area contributed by atoms with Gasteiger partial charge in [0.1, 0.15) is 0 Å². The molecule has 0 radical (unpaired) electrons. The second kappa shape index (κ2) is 7.34. The second-order valence-electron chi connectivity index (χ2n) is 5.72. The quantitative estimate of drug-likeness (QED) is 0.751. The van der Waals surface area contributed by atoms with Crippen molar-refractivity contribution < 1.29 is 0 Å². The van der Waals surface area contributed by atoms with Crippen molar-refractivity contribution in [2.45, 2.75) is 44.6 Å². The lowest BCUT2D eigenvalue weighted by Gasteiger charge is -2.32. The fourth-order valence-electron chi connectivity index (χ4n) is 3.12. The Bertz CT molecular complexity index is 194. The SMILES string of the molecule is CN(CCN1CCNCC1)C1CCCCCC1. The molecule has 1 heterocycles. The van der Waals surface area contributed by atoms with E-state index in [2.05, 4.69) is 22.2 Å². The minimum atomic E-state index is 0.861. The summed E-state index contributed by atoms with van der Waals surface area (Å²) in [5.74, 6) is 0. The summed E-state index contributed by atoms with van der Waals surface area (Å²) in [7, 11) is 2.33. The van der Waals surface area contributed by atoms with Gasteiger partial charge >= 0.3 is 0 Å². The third-order valence-electron chi connectivity index (χ3n) is 4.43. The van der Waals surface area contributed by atoms with E-state index in [1.54, 1.807) is 0 Å². The monoisotopic (exact) mass is 239 g/mol. The van der Waals surface area contributed by atoms with Gasteiger partial charge in [-0.2, -0.15) is 0 Å². The number of likely N-dealkylation sites (N-methyl/N-ethyl adjacent to an activating group) is 1. The van der Waals surface area contributed by atoms with Gasteiger partial charge in [0.05, 0.1) is 0 Å². The molecule has 0 aromatic carbocycles. The lowest BCUT2D eigenvalue weighted by molar-refractivity contribution is 0.167. The molecule has 17 heavy (non-hydrogen) atoms. The van der Waals surface area contributed by atoms with Crippen LogP contribution < -0.4 is 5.32 Å². The van der Waals surface area contributed by atoms with E-state index in [0.717, 1.165) is 6.04 Å². The molecule has 2 fully saturated rings. The Morgan fingerprint density at radius 3 is 2.35 bits per heavy atom. The molecule has 100 valence electrons. The molecule has 0 unspecified atom stereocenters. The lowest BCUT2D eigenvalue weighted by Crippen LogP contribution is -2.47. The van der Waals surface area contributed by atoms with Crippen molar-refractivity contribution in [3.63, 3.8) is 0 Å². The lowest BCUT2D eigenvalue weighted by atomic mass is 10.1. The zero-order chi connectivity index (χ0) is 11.9. The topological polar surface area (TPSA) is 18.5 Å². The van der Waals surface area contributed by atoms with E-state index in [1.807, 2.05) is 0 Å². The maximum absolute atomic E-state index is 3.42. The van der Waals surface area contributed by atoms with E-state index in [1.165, 1.54) is 77.8 Å². The van der Waals surface area contributed by atoms with Gasteiger partial charge in [0.2, 0.25) is 0 Å². The molecule has 1 saturated heterocycles. The first-order valence-electron chi connectivity index (χ1n) is 7.49. The summed E-state index contributed by atoms with van der Waals surface area (Å²) in [6.07, 6.45) is 8.67. The zero-order valence-electron chi connectivity index (χ0n) is 11.5. The van der Waals surface area contributed by atoms with Crippen LogP contribution in [0.2, 0.25) is 0 Å². The molecule has 0 spiro atoms. The van der Waals surface area contributed by atoms with Crippen LogP contribution in [0.4, 0.5) is 0 Å². The van der Waals surface area contributed by atoms with E-state index in [-0.39, 0.29) is 0 Å². The first kappa shape index (κ1) is 13.3. The van der Waals surface area contributed by atoms with Crippen LogP contribution in [0.5, 0.6) is 0 Å². The average molecular weight is 239 g/mol. The van der Waals surface area contributed by atoms with Gasteiger partial charge in [0.25, 0.3) is 0 Å². The molecular weight excluding hydrogens is 210 g/mol. The summed E-state index contributed by atoms with van der Waals surface area (Å²) in [6, 6.07) is 0.861. The normalized spacial score (nSPS) is 25.1. The van der Waals surface area contributed by atoms with E-state index in [0.29, 0.717) is 0 Å². The number of hydrogen-bond donors (Lipinski definition) is 1. The Kier molecular flexibility index (Phi) is 5.75. The van der Waals surface area contributed by atoms with Gasteiger partial charge in [-0.1, -0.05) is 25.7 Å². The molecule has 2 aliphatic rings. The predicted octanol–water partition coefficient (Wildman–Crippen LogP) is 1.55. The maximum atomic E-state index is 3.42. The number of hydrogen-bond acceptors (Lipinski definition) is 3. The van der Waals surface area contributed by atoms with Crippen molar-refractivity contribution in [1.29, 1.82) is 0 Å². The molecule has 0 atom stereocenters. The van der Waals surface area contributed by atoms with Crippen LogP contribution in [0.3, 0.4) is 0 Å². The van der Waals surface area contributed by atoms with E-state index < -0.39 is 0 Å². The van der Waals surface area contributed by atoms with Gasteiger partial charge in [-0.05, 0) is 19.9 Å². The maximum Gasteiger partial charge on any atom is 0.0110 e. The molecule has 0 amide bonds. The molecule has 1 aliphatic heterocycles. The Labute approximate surface area is 107 Å². The third-order valence-corrected chi connectivity index (χ3v) is 4.43. The van der Waals surface area contributed by atoms with Gasteiger partial charge in [0, 0.05) is 45.3 Å². The summed E-state index contributed by atoms with van der Waals surface area (Å²) in [4.78, 5) is 5.22. The van der Waals surface area contributed by atoms with Crippen molar-refractivity contribution in [2.24, 2.45) is 0 Å². The summed E-state index contributed by atoms with van der Waals surface area (Å²) in [6.45, 7) is 7.33. The van der Waals surface area contributed by atoms with Gasteiger partial charge < -0.3 is 10.2 Å². The van der Waals surface area contributed by atoms with Gasteiger partial charge in [-0.15, -0.1) is 0 Å². The molecule has 0 aromatic heterocycles. The number of rotatable bonds is 4. The highest BCUT2D eigenvalue weighted by molar-refractivity contribution is 4.74. The zero-order valence-corrected chi connectivity index (χ0v) is 11.5.